The second kappa shape index (κ2) is 5.92. The van der Waals surface area contributed by atoms with Crippen molar-refractivity contribution < 1.29 is 13.9 Å². The van der Waals surface area contributed by atoms with Crippen molar-refractivity contribution in [2.24, 2.45) is 0 Å². The molecule has 110 valence electrons. The van der Waals surface area contributed by atoms with E-state index in [1.807, 2.05) is 0 Å². The summed E-state index contributed by atoms with van der Waals surface area (Å²) in [6.07, 6.45) is 4.41. The molecule has 0 aliphatic heterocycles. The highest BCUT2D eigenvalue weighted by Gasteiger charge is 2.39. The monoisotopic (exact) mass is 279 g/mol. The minimum atomic E-state index is -1.00. The first kappa shape index (κ1) is 15.0. The summed E-state index contributed by atoms with van der Waals surface area (Å²) in [5.41, 5.74) is 0.180. The van der Waals surface area contributed by atoms with E-state index in [0.717, 1.165) is 25.7 Å². The van der Waals surface area contributed by atoms with Gasteiger partial charge in [-0.25, -0.2) is 9.18 Å². The molecule has 1 aromatic carbocycles. The molecule has 1 aromatic rings. The van der Waals surface area contributed by atoms with Crippen LogP contribution in [0.25, 0.3) is 0 Å². The Morgan fingerprint density at radius 3 is 2.60 bits per heavy atom. The van der Waals surface area contributed by atoms with Crippen LogP contribution in [0.3, 0.4) is 0 Å². The van der Waals surface area contributed by atoms with Crippen molar-refractivity contribution in [3.05, 3.63) is 35.1 Å². The molecule has 4 heteroatoms. The van der Waals surface area contributed by atoms with Crippen LogP contribution >= 0.6 is 0 Å². The van der Waals surface area contributed by atoms with E-state index in [-0.39, 0.29) is 17.8 Å². The van der Waals surface area contributed by atoms with Crippen molar-refractivity contribution >= 4 is 5.97 Å². The second-order valence-electron chi connectivity index (χ2n) is 5.71. The topological polar surface area (TPSA) is 38.3 Å². The van der Waals surface area contributed by atoms with Gasteiger partial charge in [0.25, 0.3) is 0 Å². The van der Waals surface area contributed by atoms with Crippen molar-refractivity contribution in [2.75, 3.05) is 7.11 Å². The minimum absolute atomic E-state index is 0.281. The third-order valence-electron chi connectivity index (χ3n) is 4.19. The molecule has 1 N–H and O–H groups in total. The lowest BCUT2D eigenvalue weighted by Crippen LogP contribution is -2.51. The van der Waals surface area contributed by atoms with Crippen LogP contribution in [0.15, 0.2) is 18.2 Å². The highest BCUT2D eigenvalue weighted by atomic mass is 19.1. The van der Waals surface area contributed by atoms with E-state index in [9.17, 15) is 9.18 Å². The van der Waals surface area contributed by atoms with Crippen molar-refractivity contribution in [3.8, 4) is 0 Å². The maximum Gasteiger partial charge on any atom is 0.330 e. The van der Waals surface area contributed by atoms with Gasteiger partial charge in [-0.3, -0.25) is 5.32 Å². The Morgan fingerprint density at radius 1 is 1.40 bits per heavy atom. The fourth-order valence-corrected chi connectivity index (χ4v) is 2.85. The van der Waals surface area contributed by atoms with Gasteiger partial charge < -0.3 is 4.74 Å². The number of halogens is 1. The number of nitrogens with one attached hydrogen (secondary N) is 1. The Kier molecular flexibility index (Phi) is 4.43. The van der Waals surface area contributed by atoms with Gasteiger partial charge in [0, 0.05) is 6.04 Å². The number of rotatable bonds is 4. The SMILES string of the molecule is COC(=O)C(C)(NC1CCCC1)c1ccc(C)c(F)c1. The van der Waals surface area contributed by atoms with Crippen molar-refractivity contribution in [3.63, 3.8) is 0 Å². The van der Waals surface area contributed by atoms with Crippen LogP contribution in [0, 0.1) is 12.7 Å². The van der Waals surface area contributed by atoms with Gasteiger partial charge in [-0.2, -0.15) is 0 Å². The molecule has 0 radical (unpaired) electrons. The zero-order chi connectivity index (χ0) is 14.8. The summed E-state index contributed by atoms with van der Waals surface area (Å²) in [5.74, 6) is -0.682. The lowest BCUT2D eigenvalue weighted by atomic mass is 9.90. The molecule has 1 saturated carbocycles. The predicted molar refractivity (Wildman–Crippen MR) is 75.9 cm³/mol. The summed E-state index contributed by atoms with van der Waals surface area (Å²) in [7, 11) is 1.36. The summed E-state index contributed by atoms with van der Waals surface area (Å²) >= 11 is 0. The maximum atomic E-state index is 13.8. The summed E-state index contributed by atoms with van der Waals surface area (Å²) < 4.78 is 18.7. The average molecular weight is 279 g/mol. The fourth-order valence-electron chi connectivity index (χ4n) is 2.85. The van der Waals surface area contributed by atoms with Gasteiger partial charge in [-0.1, -0.05) is 25.0 Å². The summed E-state index contributed by atoms with van der Waals surface area (Å²) in [6, 6.07) is 5.19. The standard InChI is InChI=1S/C16H22FNO2/c1-11-8-9-12(10-14(11)17)16(2,15(19)20-3)18-13-6-4-5-7-13/h8-10,13,18H,4-7H2,1-3H3. The van der Waals surface area contributed by atoms with Crippen molar-refractivity contribution in [2.45, 2.75) is 51.1 Å². The third-order valence-corrected chi connectivity index (χ3v) is 4.19. The Balaban J connectivity index is 2.34. The number of esters is 1. The Morgan fingerprint density at radius 2 is 2.05 bits per heavy atom. The molecule has 1 unspecified atom stereocenters. The van der Waals surface area contributed by atoms with Gasteiger partial charge in [0.1, 0.15) is 11.4 Å². The minimum Gasteiger partial charge on any atom is -0.467 e. The molecular weight excluding hydrogens is 257 g/mol. The number of carbonyl (C=O) groups excluding carboxylic acids is 1. The number of benzene rings is 1. The van der Waals surface area contributed by atoms with E-state index in [4.69, 9.17) is 4.74 Å². The van der Waals surface area contributed by atoms with E-state index < -0.39 is 5.54 Å². The first-order chi connectivity index (χ1) is 9.47. The van der Waals surface area contributed by atoms with E-state index in [1.165, 1.54) is 13.2 Å². The molecule has 0 aromatic heterocycles. The van der Waals surface area contributed by atoms with Crippen LogP contribution in [0.2, 0.25) is 0 Å². The van der Waals surface area contributed by atoms with E-state index >= 15 is 0 Å². The van der Waals surface area contributed by atoms with Crippen LogP contribution < -0.4 is 5.32 Å². The molecule has 0 amide bonds. The first-order valence-corrected chi connectivity index (χ1v) is 7.10. The van der Waals surface area contributed by atoms with Crippen LogP contribution in [-0.2, 0) is 15.1 Å². The number of methoxy groups -OCH3 is 1. The van der Waals surface area contributed by atoms with Crippen LogP contribution in [-0.4, -0.2) is 19.1 Å². The van der Waals surface area contributed by atoms with Gasteiger partial charge in [-0.15, -0.1) is 0 Å². The Bertz CT molecular complexity index is 497. The van der Waals surface area contributed by atoms with E-state index in [2.05, 4.69) is 5.32 Å². The van der Waals surface area contributed by atoms with Crippen LogP contribution in [0.5, 0.6) is 0 Å². The quantitative estimate of drug-likeness (QED) is 0.861. The normalized spacial score (nSPS) is 18.8. The molecule has 20 heavy (non-hydrogen) atoms. The molecule has 3 nitrogen and oxygen atoms in total. The molecule has 1 aliphatic carbocycles. The molecule has 1 atom stereocenters. The van der Waals surface area contributed by atoms with Crippen molar-refractivity contribution in [1.82, 2.24) is 5.32 Å². The van der Waals surface area contributed by atoms with Crippen LogP contribution in [0.1, 0.15) is 43.7 Å². The molecule has 0 heterocycles. The number of hydrogen-bond donors (Lipinski definition) is 1. The average Bonchev–Trinajstić information content (AvgIpc) is 2.93. The van der Waals surface area contributed by atoms with Crippen molar-refractivity contribution in [1.29, 1.82) is 0 Å². The second-order valence-corrected chi connectivity index (χ2v) is 5.71. The van der Waals surface area contributed by atoms with Gasteiger partial charge in [0.2, 0.25) is 0 Å². The van der Waals surface area contributed by atoms with E-state index in [1.54, 1.807) is 26.0 Å². The molecule has 1 fully saturated rings. The number of aryl methyl sites for hydroxylation is 1. The predicted octanol–water partition coefficient (Wildman–Crippen LogP) is 3.05. The summed E-state index contributed by atoms with van der Waals surface area (Å²) in [5, 5.41) is 3.36. The van der Waals surface area contributed by atoms with Gasteiger partial charge >= 0.3 is 5.97 Å². The lowest BCUT2D eigenvalue weighted by Gasteiger charge is -2.32. The maximum absolute atomic E-state index is 13.8. The highest BCUT2D eigenvalue weighted by Crippen LogP contribution is 2.28. The van der Waals surface area contributed by atoms with Gasteiger partial charge in [-0.05, 0) is 43.9 Å². The first-order valence-electron chi connectivity index (χ1n) is 7.10. The Hall–Kier alpha value is -1.42. The molecule has 0 bridgehead atoms. The molecule has 0 spiro atoms. The number of carbonyl (C=O) groups is 1. The molecule has 0 saturated heterocycles. The third kappa shape index (κ3) is 2.85. The molecule has 1 aliphatic rings. The highest BCUT2D eigenvalue weighted by molar-refractivity contribution is 5.82. The van der Waals surface area contributed by atoms with Crippen LogP contribution in [0.4, 0.5) is 4.39 Å². The number of ether oxygens (including phenoxy) is 1. The smallest absolute Gasteiger partial charge is 0.330 e. The summed E-state index contributed by atoms with van der Waals surface area (Å²) in [4.78, 5) is 12.2. The number of hydrogen-bond acceptors (Lipinski definition) is 3. The van der Waals surface area contributed by atoms with E-state index in [0.29, 0.717) is 11.1 Å². The Labute approximate surface area is 119 Å². The van der Waals surface area contributed by atoms with Gasteiger partial charge in [0.05, 0.1) is 7.11 Å². The molecule has 2 rings (SSSR count). The fraction of sp³-hybridized carbons (Fsp3) is 0.562. The largest absolute Gasteiger partial charge is 0.467 e. The summed E-state index contributed by atoms with van der Waals surface area (Å²) in [6.45, 7) is 3.47. The zero-order valence-electron chi connectivity index (χ0n) is 12.3. The lowest BCUT2D eigenvalue weighted by molar-refractivity contribution is -0.148. The zero-order valence-corrected chi connectivity index (χ0v) is 12.3. The van der Waals surface area contributed by atoms with Gasteiger partial charge in [0.15, 0.2) is 0 Å². The molecular formula is C16H22FNO2.